The lowest BCUT2D eigenvalue weighted by Gasteiger charge is -2.06. The van der Waals surface area contributed by atoms with Crippen molar-refractivity contribution in [3.05, 3.63) is 10.6 Å². The van der Waals surface area contributed by atoms with E-state index >= 15 is 0 Å². The predicted octanol–water partition coefficient (Wildman–Crippen LogP) is 1.32. The fourth-order valence-electron chi connectivity index (χ4n) is 2.31. The highest BCUT2D eigenvalue weighted by molar-refractivity contribution is 7.71. The summed E-state index contributed by atoms with van der Waals surface area (Å²) in [5, 5.41) is 9.90. The average Bonchev–Trinajstić information content (AvgIpc) is 3.29. The summed E-state index contributed by atoms with van der Waals surface area (Å²) in [5.74, 6) is 0.875. The molecule has 2 saturated carbocycles. The van der Waals surface area contributed by atoms with Crippen LogP contribution in [-0.2, 0) is 16.1 Å². The lowest BCUT2D eigenvalue weighted by atomic mass is 10.4. The van der Waals surface area contributed by atoms with Crippen molar-refractivity contribution in [2.24, 2.45) is 5.92 Å². The highest BCUT2D eigenvalue weighted by Gasteiger charge is 2.43. The van der Waals surface area contributed by atoms with Crippen LogP contribution in [0.5, 0.6) is 0 Å². The van der Waals surface area contributed by atoms with Gasteiger partial charge in [0.1, 0.15) is 0 Å². The molecule has 3 rings (SSSR count). The number of aromatic amines is 1. The van der Waals surface area contributed by atoms with Gasteiger partial charge in [0.2, 0.25) is 5.91 Å². The van der Waals surface area contributed by atoms with Crippen LogP contribution in [0, 0.1) is 10.7 Å². The van der Waals surface area contributed by atoms with Crippen LogP contribution in [0.25, 0.3) is 0 Å². The van der Waals surface area contributed by atoms with E-state index in [2.05, 4.69) is 15.5 Å². The second kappa shape index (κ2) is 5.05. The SMILES string of the molecule is CCO[C@@H]1C[C@@H]1C(=O)NCc1n[nH]c(=S)n1C1CC1. The molecular weight excluding hydrogens is 264 g/mol. The van der Waals surface area contributed by atoms with Gasteiger partial charge < -0.3 is 10.1 Å². The van der Waals surface area contributed by atoms with Gasteiger partial charge in [0, 0.05) is 12.6 Å². The summed E-state index contributed by atoms with van der Waals surface area (Å²) < 4.78 is 8.07. The molecule has 0 aromatic carbocycles. The number of hydrogen-bond donors (Lipinski definition) is 2. The Kier molecular flexibility index (Phi) is 3.40. The van der Waals surface area contributed by atoms with Gasteiger partial charge in [-0.05, 0) is 38.4 Å². The van der Waals surface area contributed by atoms with Crippen molar-refractivity contribution in [1.82, 2.24) is 20.1 Å². The van der Waals surface area contributed by atoms with Crippen molar-refractivity contribution in [3.63, 3.8) is 0 Å². The number of nitrogens with zero attached hydrogens (tertiary/aromatic N) is 2. The van der Waals surface area contributed by atoms with Crippen molar-refractivity contribution < 1.29 is 9.53 Å². The standard InChI is InChI=1S/C12H18N4O2S/c1-2-18-9-5-8(9)11(17)13-6-10-14-15-12(19)16(10)7-3-4-7/h7-9H,2-6H2,1H3,(H,13,17)(H,15,19)/t8-,9+/m0/s1. The Morgan fingerprint density at radius 1 is 1.63 bits per heavy atom. The van der Waals surface area contributed by atoms with Crippen molar-refractivity contribution in [1.29, 1.82) is 0 Å². The zero-order valence-electron chi connectivity index (χ0n) is 10.9. The number of hydrogen-bond acceptors (Lipinski definition) is 4. The molecule has 2 aliphatic carbocycles. The van der Waals surface area contributed by atoms with Crippen molar-refractivity contribution in [2.75, 3.05) is 6.61 Å². The summed E-state index contributed by atoms with van der Waals surface area (Å²) in [4.78, 5) is 11.9. The quantitative estimate of drug-likeness (QED) is 0.772. The maximum atomic E-state index is 11.9. The zero-order valence-corrected chi connectivity index (χ0v) is 11.7. The van der Waals surface area contributed by atoms with Gasteiger partial charge >= 0.3 is 0 Å². The minimum Gasteiger partial charge on any atom is -0.378 e. The molecule has 2 fully saturated rings. The van der Waals surface area contributed by atoms with Gasteiger partial charge in [0.15, 0.2) is 10.6 Å². The van der Waals surface area contributed by atoms with Gasteiger partial charge in [-0.1, -0.05) is 0 Å². The fourth-order valence-corrected chi connectivity index (χ4v) is 2.61. The molecule has 1 amide bonds. The minimum atomic E-state index is 0.0104. The third kappa shape index (κ3) is 2.71. The molecule has 2 aliphatic rings. The molecule has 0 aliphatic heterocycles. The topological polar surface area (TPSA) is 71.9 Å². The molecule has 2 N–H and O–H groups in total. The summed E-state index contributed by atoms with van der Waals surface area (Å²) in [7, 11) is 0. The molecule has 6 nitrogen and oxygen atoms in total. The number of carbonyl (C=O) groups excluding carboxylic acids is 1. The fraction of sp³-hybridized carbons (Fsp3) is 0.750. The number of rotatable bonds is 6. The molecule has 104 valence electrons. The van der Waals surface area contributed by atoms with E-state index in [9.17, 15) is 4.79 Å². The van der Waals surface area contributed by atoms with E-state index in [0.29, 0.717) is 24.0 Å². The Labute approximate surface area is 116 Å². The Balaban J connectivity index is 1.55. The van der Waals surface area contributed by atoms with Crippen LogP contribution in [0.2, 0.25) is 0 Å². The van der Waals surface area contributed by atoms with Crippen LogP contribution in [0.4, 0.5) is 0 Å². The molecule has 2 atom stereocenters. The van der Waals surface area contributed by atoms with Gasteiger partial charge in [0.05, 0.1) is 18.6 Å². The van der Waals surface area contributed by atoms with Gasteiger partial charge in [-0.15, -0.1) is 0 Å². The smallest absolute Gasteiger partial charge is 0.226 e. The molecule has 1 aromatic heterocycles. The summed E-state index contributed by atoms with van der Waals surface area (Å²) in [6.45, 7) is 3.04. The highest BCUT2D eigenvalue weighted by atomic mass is 32.1. The first-order valence-corrected chi connectivity index (χ1v) is 7.16. The largest absolute Gasteiger partial charge is 0.378 e. The highest BCUT2D eigenvalue weighted by Crippen LogP contribution is 2.36. The molecule has 19 heavy (non-hydrogen) atoms. The normalized spacial score (nSPS) is 25.3. The number of ether oxygens (including phenoxy) is 1. The molecule has 0 spiro atoms. The van der Waals surface area contributed by atoms with Gasteiger partial charge in [0.25, 0.3) is 0 Å². The first-order chi connectivity index (χ1) is 9.20. The molecule has 7 heteroatoms. The van der Waals surface area contributed by atoms with E-state index in [1.807, 2.05) is 11.5 Å². The average molecular weight is 282 g/mol. The van der Waals surface area contributed by atoms with Crippen LogP contribution in [0.3, 0.4) is 0 Å². The maximum absolute atomic E-state index is 11.9. The van der Waals surface area contributed by atoms with E-state index in [1.165, 1.54) is 0 Å². The van der Waals surface area contributed by atoms with Crippen molar-refractivity contribution in [2.45, 2.75) is 44.9 Å². The predicted molar refractivity (Wildman–Crippen MR) is 71.1 cm³/mol. The third-order valence-electron chi connectivity index (χ3n) is 3.56. The van der Waals surface area contributed by atoms with Crippen LogP contribution >= 0.6 is 12.2 Å². The third-order valence-corrected chi connectivity index (χ3v) is 3.85. The van der Waals surface area contributed by atoms with Crippen LogP contribution < -0.4 is 5.32 Å². The van der Waals surface area contributed by atoms with Gasteiger partial charge in [-0.2, -0.15) is 5.10 Å². The van der Waals surface area contributed by atoms with Crippen LogP contribution in [-0.4, -0.2) is 33.4 Å². The van der Waals surface area contributed by atoms with E-state index < -0.39 is 0 Å². The van der Waals surface area contributed by atoms with Gasteiger partial charge in [-0.3, -0.25) is 14.5 Å². The second-order valence-corrected chi connectivity index (χ2v) is 5.49. The molecule has 0 saturated heterocycles. The monoisotopic (exact) mass is 282 g/mol. The van der Waals surface area contributed by atoms with Crippen molar-refractivity contribution >= 4 is 18.1 Å². The second-order valence-electron chi connectivity index (χ2n) is 5.10. The van der Waals surface area contributed by atoms with Crippen LogP contribution in [0.15, 0.2) is 0 Å². The Hall–Kier alpha value is -1.21. The summed E-state index contributed by atoms with van der Waals surface area (Å²) >= 11 is 5.20. The Morgan fingerprint density at radius 3 is 3.11 bits per heavy atom. The lowest BCUT2D eigenvalue weighted by molar-refractivity contribution is -0.123. The Bertz CT molecular complexity index is 534. The van der Waals surface area contributed by atoms with Crippen molar-refractivity contribution in [3.8, 4) is 0 Å². The summed E-state index contributed by atoms with van der Waals surface area (Å²) in [5.41, 5.74) is 0. The summed E-state index contributed by atoms with van der Waals surface area (Å²) in [6.07, 6.45) is 3.22. The first kappa shape index (κ1) is 12.8. The first-order valence-electron chi connectivity index (χ1n) is 6.75. The lowest BCUT2D eigenvalue weighted by Crippen LogP contribution is -2.27. The zero-order chi connectivity index (χ0) is 13.4. The van der Waals surface area contributed by atoms with Crippen LogP contribution in [0.1, 0.15) is 38.1 Å². The Morgan fingerprint density at radius 2 is 2.42 bits per heavy atom. The number of nitrogens with one attached hydrogen (secondary N) is 2. The molecule has 0 radical (unpaired) electrons. The molecule has 0 unspecified atom stereocenters. The van der Waals surface area contributed by atoms with E-state index in [-0.39, 0.29) is 17.9 Å². The van der Waals surface area contributed by atoms with Gasteiger partial charge in [-0.25, -0.2) is 0 Å². The molecular formula is C12H18N4O2S. The number of amides is 1. The molecule has 0 bridgehead atoms. The number of aromatic nitrogens is 3. The number of H-pyrrole nitrogens is 1. The van der Waals surface area contributed by atoms with E-state index in [4.69, 9.17) is 17.0 Å². The molecule has 1 heterocycles. The van der Waals surface area contributed by atoms with E-state index in [1.54, 1.807) is 0 Å². The minimum absolute atomic E-state index is 0.0104. The van der Waals surface area contributed by atoms with E-state index in [0.717, 1.165) is 25.1 Å². The maximum Gasteiger partial charge on any atom is 0.226 e. The molecule has 1 aromatic rings. The summed E-state index contributed by atoms with van der Waals surface area (Å²) in [6, 6.07) is 0.468. The number of carbonyl (C=O) groups is 1.